The molecular weight excluding hydrogens is 459 g/mol. The van der Waals surface area contributed by atoms with Gasteiger partial charge in [0.15, 0.2) is 0 Å². The molecule has 0 aromatic heterocycles. The summed E-state index contributed by atoms with van der Waals surface area (Å²) in [7, 11) is -2.38. The Morgan fingerprint density at radius 1 is 0.935 bits per heavy atom. The number of para-hydroxylation sites is 1. The molecule has 3 aromatic rings. The third-order valence-electron chi connectivity index (χ3n) is 4.43. The highest BCUT2D eigenvalue weighted by atomic mass is 35.5. The number of anilines is 1. The number of hydrogen-bond donors (Lipinski definition) is 2. The van der Waals surface area contributed by atoms with E-state index in [1.165, 1.54) is 12.1 Å². The number of amides is 1. The van der Waals surface area contributed by atoms with Crippen LogP contribution in [0.1, 0.15) is 11.1 Å². The number of carbonyl (C=O) groups excluding carboxylic acids is 1. The third kappa shape index (κ3) is 5.91. The van der Waals surface area contributed by atoms with Crippen molar-refractivity contribution in [2.24, 2.45) is 0 Å². The zero-order valence-electron chi connectivity index (χ0n) is 16.6. The average Bonchev–Trinajstić information content (AvgIpc) is 2.73. The SMILES string of the molecule is COc1ccccc1CNC(=O)Cc1ccc(NS(=O)(=O)c2c(Cl)cccc2Cl)cc1. The highest BCUT2D eigenvalue weighted by Crippen LogP contribution is 2.30. The van der Waals surface area contributed by atoms with E-state index in [1.807, 2.05) is 24.3 Å². The van der Waals surface area contributed by atoms with Gasteiger partial charge in [-0.1, -0.05) is 59.6 Å². The molecule has 3 rings (SSSR count). The van der Waals surface area contributed by atoms with Crippen molar-refractivity contribution in [1.82, 2.24) is 5.32 Å². The third-order valence-corrected chi connectivity index (χ3v) is 6.76. The predicted octanol–water partition coefficient (Wildman–Crippen LogP) is 4.66. The molecule has 0 aliphatic carbocycles. The Morgan fingerprint density at radius 3 is 2.23 bits per heavy atom. The number of methoxy groups -OCH3 is 1. The molecule has 6 nitrogen and oxygen atoms in total. The van der Waals surface area contributed by atoms with E-state index in [-0.39, 0.29) is 27.3 Å². The van der Waals surface area contributed by atoms with Gasteiger partial charge >= 0.3 is 0 Å². The van der Waals surface area contributed by atoms with E-state index < -0.39 is 10.0 Å². The van der Waals surface area contributed by atoms with Crippen molar-refractivity contribution >= 4 is 44.8 Å². The lowest BCUT2D eigenvalue weighted by molar-refractivity contribution is -0.120. The predicted molar refractivity (Wildman–Crippen MR) is 122 cm³/mol. The Labute approximate surface area is 191 Å². The number of benzene rings is 3. The van der Waals surface area contributed by atoms with Crippen LogP contribution in [0.25, 0.3) is 0 Å². The van der Waals surface area contributed by atoms with Crippen molar-refractivity contribution in [3.8, 4) is 5.75 Å². The minimum Gasteiger partial charge on any atom is -0.496 e. The van der Waals surface area contributed by atoms with E-state index in [0.717, 1.165) is 11.1 Å². The van der Waals surface area contributed by atoms with Gasteiger partial charge in [-0.3, -0.25) is 9.52 Å². The summed E-state index contributed by atoms with van der Waals surface area (Å²) in [4.78, 5) is 12.1. The quantitative estimate of drug-likeness (QED) is 0.492. The fourth-order valence-electron chi connectivity index (χ4n) is 2.93. The number of halogens is 2. The number of carbonyl (C=O) groups is 1. The van der Waals surface area contributed by atoms with Gasteiger partial charge in [0.05, 0.1) is 23.6 Å². The Balaban J connectivity index is 1.62. The highest BCUT2D eigenvalue weighted by molar-refractivity contribution is 7.93. The van der Waals surface area contributed by atoms with Gasteiger partial charge in [-0.05, 0) is 35.9 Å². The normalized spacial score (nSPS) is 11.1. The molecule has 3 aromatic carbocycles. The Hall–Kier alpha value is -2.74. The number of hydrogen-bond acceptors (Lipinski definition) is 4. The second-order valence-electron chi connectivity index (χ2n) is 6.62. The number of ether oxygens (including phenoxy) is 1. The zero-order valence-corrected chi connectivity index (χ0v) is 18.9. The van der Waals surface area contributed by atoms with E-state index >= 15 is 0 Å². The lowest BCUT2D eigenvalue weighted by Gasteiger charge is -2.12. The summed E-state index contributed by atoms with van der Waals surface area (Å²) in [6.07, 6.45) is 0.151. The summed E-state index contributed by atoms with van der Waals surface area (Å²) in [6, 6.07) is 18.4. The summed E-state index contributed by atoms with van der Waals surface area (Å²) in [5, 5.41) is 2.91. The number of sulfonamides is 1. The van der Waals surface area contributed by atoms with Crippen molar-refractivity contribution in [2.45, 2.75) is 17.9 Å². The van der Waals surface area contributed by atoms with E-state index in [1.54, 1.807) is 37.4 Å². The molecule has 0 aliphatic heterocycles. The maximum absolute atomic E-state index is 12.6. The summed E-state index contributed by atoms with van der Waals surface area (Å²) < 4.78 is 33.0. The van der Waals surface area contributed by atoms with Crippen molar-refractivity contribution in [3.63, 3.8) is 0 Å². The molecule has 0 atom stereocenters. The van der Waals surface area contributed by atoms with Gasteiger partial charge in [0, 0.05) is 17.8 Å². The van der Waals surface area contributed by atoms with Crippen LogP contribution >= 0.6 is 23.2 Å². The molecule has 0 unspecified atom stereocenters. The first-order valence-electron chi connectivity index (χ1n) is 9.24. The molecule has 31 heavy (non-hydrogen) atoms. The van der Waals surface area contributed by atoms with Crippen LogP contribution in [0.15, 0.2) is 71.6 Å². The smallest absolute Gasteiger partial charge is 0.264 e. The van der Waals surface area contributed by atoms with Crippen LogP contribution in [-0.2, 0) is 27.8 Å². The van der Waals surface area contributed by atoms with Crippen LogP contribution in [0.4, 0.5) is 5.69 Å². The Bertz CT molecular complexity index is 1160. The maximum atomic E-state index is 12.6. The zero-order chi connectivity index (χ0) is 22.4. The highest BCUT2D eigenvalue weighted by Gasteiger charge is 2.21. The molecule has 0 saturated heterocycles. The number of rotatable bonds is 8. The van der Waals surface area contributed by atoms with Crippen LogP contribution < -0.4 is 14.8 Å². The lowest BCUT2D eigenvalue weighted by atomic mass is 10.1. The number of nitrogens with one attached hydrogen (secondary N) is 2. The molecule has 162 valence electrons. The molecule has 0 radical (unpaired) electrons. The van der Waals surface area contributed by atoms with Gasteiger partial charge in [-0.2, -0.15) is 0 Å². The molecule has 9 heteroatoms. The lowest BCUT2D eigenvalue weighted by Crippen LogP contribution is -2.24. The second-order valence-corrected chi connectivity index (χ2v) is 9.05. The molecule has 1 amide bonds. The van der Waals surface area contributed by atoms with Crippen LogP contribution in [0.5, 0.6) is 5.75 Å². The fraction of sp³-hybridized carbons (Fsp3) is 0.136. The van der Waals surface area contributed by atoms with Crippen LogP contribution in [0, 0.1) is 0 Å². The Kier molecular flexibility index (Phi) is 7.43. The summed E-state index contributed by atoms with van der Waals surface area (Å²) >= 11 is 12.0. The van der Waals surface area contributed by atoms with Gasteiger partial charge in [0.25, 0.3) is 10.0 Å². The van der Waals surface area contributed by atoms with Crippen LogP contribution in [0.2, 0.25) is 10.0 Å². The minimum atomic E-state index is -3.96. The van der Waals surface area contributed by atoms with Crippen LogP contribution in [0.3, 0.4) is 0 Å². The van der Waals surface area contributed by atoms with E-state index in [9.17, 15) is 13.2 Å². The fourth-order valence-corrected chi connectivity index (χ4v) is 5.13. The maximum Gasteiger partial charge on any atom is 0.264 e. The second kappa shape index (κ2) is 10.0. The van der Waals surface area contributed by atoms with E-state index in [4.69, 9.17) is 27.9 Å². The van der Waals surface area contributed by atoms with Crippen molar-refractivity contribution < 1.29 is 17.9 Å². The first kappa shape index (κ1) is 22.9. The molecule has 0 spiro atoms. The van der Waals surface area contributed by atoms with E-state index in [2.05, 4.69) is 10.0 Å². The average molecular weight is 479 g/mol. The van der Waals surface area contributed by atoms with Gasteiger partial charge in [0.2, 0.25) is 5.91 Å². The largest absolute Gasteiger partial charge is 0.496 e. The first-order valence-corrected chi connectivity index (χ1v) is 11.5. The summed E-state index contributed by atoms with van der Waals surface area (Å²) in [5.41, 5.74) is 1.94. The van der Waals surface area contributed by atoms with Crippen LogP contribution in [-0.4, -0.2) is 21.4 Å². The van der Waals surface area contributed by atoms with Gasteiger partial charge in [0.1, 0.15) is 10.6 Å². The molecule has 0 fully saturated rings. The summed E-state index contributed by atoms with van der Waals surface area (Å²) in [6.45, 7) is 0.347. The summed E-state index contributed by atoms with van der Waals surface area (Å²) in [5.74, 6) is 0.542. The molecule has 2 N–H and O–H groups in total. The topological polar surface area (TPSA) is 84.5 Å². The molecule has 0 heterocycles. The molecule has 0 bridgehead atoms. The van der Waals surface area contributed by atoms with Crippen molar-refractivity contribution in [3.05, 3.63) is 87.9 Å². The Morgan fingerprint density at radius 2 is 1.58 bits per heavy atom. The monoisotopic (exact) mass is 478 g/mol. The molecular formula is C22H20Cl2N2O4S. The minimum absolute atomic E-state index is 0.0309. The van der Waals surface area contributed by atoms with E-state index in [0.29, 0.717) is 18.0 Å². The van der Waals surface area contributed by atoms with Crippen molar-refractivity contribution in [2.75, 3.05) is 11.8 Å². The first-order chi connectivity index (χ1) is 14.8. The van der Waals surface area contributed by atoms with Gasteiger partial charge in [-0.25, -0.2) is 8.42 Å². The van der Waals surface area contributed by atoms with Crippen molar-refractivity contribution in [1.29, 1.82) is 0 Å². The van der Waals surface area contributed by atoms with Gasteiger partial charge < -0.3 is 10.1 Å². The van der Waals surface area contributed by atoms with Gasteiger partial charge in [-0.15, -0.1) is 0 Å². The molecule has 0 aliphatic rings. The standard InChI is InChI=1S/C22H20Cl2N2O4S/c1-30-20-8-3-2-5-16(20)14-25-21(27)13-15-9-11-17(12-10-15)26-31(28,29)22-18(23)6-4-7-19(22)24/h2-12,26H,13-14H2,1H3,(H,25,27). The molecule has 0 saturated carbocycles.